The first-order valence-electron chi connectivity index (χ1n) is 25.2. The van der Waals surface area contributed by atoms with Gasteiger partial charge in [0.25, 0.3) is 0 Å². The summed E-state index contributed by atoms with van der Waals surface area (Å²) >= 11 is 9.60. The molecule has 0 unspecified atom stereocenters. The number of hydrogen-bond donors (Lipinski definition) is 0. The predicted molar refractivity (Wildman–Crippen MR) is 252 cm³/mol. The molecule has 0 radical (unpaired) electrons. The third kappa shape index (κ3) is 21.5. The number of unbranched alkanes of at least 4 members (excludes halogenated alkanes) is 24. The topological polar surface area (TPSA) is 13.0 Å². The Kier molecular flexibility index (Phi) is 38.2. The van der Waals surface area contributed by atoms with Gasteiger partial charge in [0.2, 0.25) is 0 Å². The zero-order valence-electron chi connectivity index (χ0n) is 38.9. The molecule has 0 N–H and O–H groups in total. The molecule has 0 aliphatic heterocycles. The molecule has 0 aromatic heterocycles. The normalized spacial score (nSPS) is 13.2. The zero-order chi connectivity index (χ0) is 40.0. The SMILES string of the molecule is CCCCCCN(CCCCCC)P(Cl)(N(CCCCCC)CCCCCC)(N(CCCCCC)CCCCCC)N(CCCCCC)CCCCCC. The summed E-state index contributed by atoms with van der Waals surface area (Å²) in [5.74, 6) is 0. The van der Waals surface area contributed by atoms with Crippen LogP contribution in [0.4, 0.5) is 0 Å². The van der Waals surface area contributed by atoms with Crippen molar-refractivity contribution in [3.8, 4) is 0 Å². The average molecular weight is 804 g/mol. The standard InChI is InChI=1S/C48H104ClN4P/c1-9-17-25-33-41-50(42-34-26-18-10-2)54(49,51(43-35-27-19-11-3)44-36-28-20-12-4,52(45-37-29-21-13-5)46-38-30-22-14-6)53(47-39-31-23-15-7)48-40-32-24-16-8/h9-48H2,1-8H3. The monoisotopic (exact) mass is 803 g/mol. The van der Waals surface area contributed by atoms with E-state index < -0.39 is 6.56 Å². The van der Waals surface area contributed by atoms with Crippen LogP contribution in [0.5, 0.6) is 0 Å². The molecule has 0 bridgehead atoms. The summed E-state index contributed by atoms with van der Waals surface area (Å²) in [6.45, 7) is 24.8. The van der Waals surface area contributed by atoms with E-state index in [1.165, 1.54) is 205 Å². The van der Waals surface area contributed by atoms with Gasteiger partial charge in [-0.15, -0.1) is 0 Å². The number of nitrogens with zero attached hydrogens (tertiary/aromatic N) is 4. The minimum absolute atomic E-state index is 1.16. The van der Waals surface area contributed by atoms with E-state index in [-0.39, 0.29) is 0 Å². The molecule has 0 atom stereocenters. The maximum atomic E-state index is 9.60. The van der Waals surface area contributed by atoms with Crippen molar-refractivity contribution < 1.29 is 0 Å². The van der Waals surface area contributed by atoms with Crippen molar-refractivity contribution in [3.63, 3.8) is 0 Å². The molecular weight excluding hydrogens is 699 g/mol. The van der Waals surface area contributed by atoms with Crippen molar-refractivity contribution in [2.24, 2.45) is 0 Å². The molecule has 0 saturated heterocycles. The van der Waals surface area contributed by atoms with Crippen LogP contribution in [0.1, 0.15) is 261 Å². The molecule has 0 fully saturated rings. The van der Waals surface area contributed by atoms with Gasteiger partial charge in [0, 0.05) is 0 Å². The Morgan fingerprint density at radius 3 is 0.463 bits per heavy atom. The van der Waals surface area contributed by atoms with E-state index in [9.17, 15) is 11.2 Å². The van der Waals surface area contributed by atoms with Gasteiger partial charge in [0.1, 0.15) is 0 Å². The van der Waals surface area contributed by atoms with Crippen LogP contribution in [0.15, 0.2) is 0 Å². The fourth-order valence-corrected chi connectivity index (χ4v) is 16.5. The molecule has 0 amide bonds. The number of hydrogen-bond acceptors (Lipinski definition) is 4. The van der Waals surface area contributed by atoms with Gasteiger partial charge >= 0.3 is 350 Å². The Labute approximate surface area is 348 Å². The Hall–Kier alpha value is 0.560. The molecule has 0 spiro atoms. The molecule has 0 aromatic rings. The molecule has 4 nitrogen and oxygen atoms in total. The molecule has 0 rings (SSSR count). The molecule has 0 aromatic carbocycles. The van der Waals surface area contributed by atoms with Crippen molar-refractivity contribution in [3.05, 3.63) is 0 Å². The fourth-order valence-electron chi connectivity index (χ4n) is 8.66. The van der Waals surface area contributed by atoms with E-state index in [0.717, 1.165) is 52.4 Å². The Balaban J connectivity index is 8.06. The molecular formula is C48H104ClN4P. The van der Waals surface area contributed by atoms with Crippen LogP contribution in [0.2, 0.25) is 0 Å². The number of halogens is 1. The molecule has 328 valence electrons. The third-order valence-electron chi connectivity index (χ3n) is 12.1. The van der Waals surface area contributed by atoms with E-state index in [4.69, 9.17) is 0 Å². The van der Waals surface area contributed by atoms with Gasteiger partial charge < -0.3 is 0 Å². The second-order valence-electron chi connectivity index (χ2n) is 17.1. The second kappa shape index (κ2) is 37.8. The first kappa shape index (κ1) is 54.6. The molecule has 54 heavy (non-hydrogen) atoms. The maximum absolute atomic E-state index is 9.60. The molecule has 0 aliphatic carbocycles. The fraction of sp³-hybridized carbons (Fsp3) is 1.00. The van der Waals surface area contributed by atoms with Gasteiger partial charge in [-0.2, -0.15) is 0 Å². The van der Waals surface area contributed by atoms with E-state index in [2.05, 4.69) is 74.1 Å². The number of rotatable bonds is 44. The minimum atomic E-state index is -3.54. The summed E-state index contributed by atoms with van der Waals surface area (Å²) in [7, 11) is 0. The molecule has 0 heterocycles. The first-order valence-corrected chi connectivity index (χ1v) is 28.1. The van der Waals surface area contributed by atoms with Crippen LogP contribution in [-0.2, 0) is 0 Å². The molecule has 6 heteroatoms. The summed E-state index contributed by atoms with van der Waals surface area (Å²) in [6, 6.07) is 0. The van der Waals surface area contributed by atoms with Crippen LogP contribution in [0.3, 0.4) is 0 Å². The van der Waals surface area contributed by atoms with Gasteiger partial charge in [-0.05, 0) is 0 Å². The molecule has 0 saturated carbocycles. The third-order valence-corrected chi connectivity index (χ3v) is 20.2. The van der Waals surface area contributed by atoms with Crippen LogP contribution in [-0.4, -0.2) is 71.0 Å². The van der Waals surface area contributed by atoms with E-state index >= 15 is 0 Å². The van der Waals surface area contributed by atoms with Crippen molar-refractivity contribution in [2.75, 3.05) is 52.4 Å². The van der Waals surface area contributed by atoms with Gasteiger partial charge in [-0.1, -0.05) is 0 Å². The van der Waals surface area contributed by atoms with Gasteiger partial charge in [-0.3, -0.25) is 0 Å². The van der Waals surface area contributed by atoms with Crippen LogP contribution >= 0.6 is 17.8 Å². The second-order valence-corrected chi connectivity index (χ2v) is 22.9. The predicted octanol–water partition coefficient (Wildman–Crippen LogP) is 17.2. The zero-order valence-corrected chi connectivity index (χ0v) is 40.5. The van der Waals surface area contributed by atoms with E-state index in [0.29, 0.717) is 0 Å². The van der Waals surface area contributed by atoms with E-state index in [1.54, 1.807) is 0 Å². The Morgan fingerprint density at radius 1 is 0.222 bits per heavy atom. The van der Waals surface area contributed by atoms with Crippen LogP contribution in [0, 0.1) is 0 Å². The van der Waals surface area contributed by atoms with Crippen molar-refractivity contribution in [2.45, 2.75) is 261 Å². The van der Waals surface area contributed by atoms with Gasteiger partial charge in [0.15, 0.2) is 0 Å². The van der Waals surface area contributed by atoms with Crippen LogP contribution in [0.25, 0.3) is 0 Å². The van der Waals surface area contributed by atoms with Crippen molar-refractivity contribution >= 4 is 17.8 Å². The van der Waals surface area contributed by atoms with Crippen molar-refractivity contribution in [1.29, 1.82) is 0 Å². The first-order chi connectivity index (χ1) is 26.4. The Morgan fingerprint density at radius 2 is 0.352 bits per heavy atom. The Bertz CT molecular complexity index is 597. The summed E-state index contributed by atoms with van der Waals surface area (Å²) < 4.78 is 12.4. The average Bonchev–Trinajstić information content (AvgIpc) is 3.18. The summed E-state index contributed by atoms with van der Waals surface area (Å²) in [4.78, 5) is 0. The summed E-state index contributed by atoms with van der Waals surface area (Å²) in [5, 5.41) is 0. The van der Waals surface area contributed by atoms with E-state index in [1.807, 2.05) is 0 Å². The summed E-state index contributed by atoms with van der Waals surface area (Å²) in [6.07, 6.45) is 42.0. The van der Waals surface area contributed by atoms with Crippen molar-refractivity contribution in [1.82, 2.24) is 18.7 Å². The van der Waals surface area contributed by atoms with Crippen LogP contribution < -0.4 is 0 Å². The van der Waals surface area contributed by atoms with Gasteiger partial charge in [-0.25, -0.2) is 0 Å². The quantitative estimate of drug-likeness (QED) is 0.0449. The van der Waals surface area contributed by atoms with Gasteiger partial charge in [0.05, 0.1) is 0 Å². The molecule has 0 aliphatic rings. The summed E-state index contributed by atoms with van der Waals surface area (Å²) in [5.41, 5.74) is 0.